The van der Waals surface area contributed by atoms with E-state index in [4.69, 9.17) is 4.74 Å². The zero-order chi connectivity index (χ0) is 26.3. The van der Waals surface area contributed by atoms with Crippen molar-refractivity contribution in [1.82, 2.24) is 9.88 Å². The standard InChI is InChI=1S/C31H42N4O3/c1-2-23-19-32-31(33-20-23)35-17-13-25(14-18-35)22-38-29-9-7-27(8-10-29)26-3-5-28(6-4-26)30(37)34-15-11-24(21-36)12-16-34/h3,7-10,19-20,24-25,28,36H,2,4-6,11-18,21-22H2,1H3/p+1. The van der Waals surface area contributed by atoms with Crippen molar-refractivity contribution in [1.29, 1.82) is 0 Å². The summed E-state index contributed by atoms with van der Waals surface area (Å²) in [6.45, 7) is 6.72. The van der Waals surface area contributed by atoms with Crippen LogP contribution in [0.25, 0.3) is 5.57 Å². The first kappa shape index (κ1) is 26.7. The number of likely N-dealkylation sites (tertiary alicyclic amines) is 1. The number of anilines is 1. The largest absolute Gasteiger partial charge is 0.493 e. The number of hydrogen-bond donors (Lipinski definition) is 1. The molecule has 1 aromatic heterocycles. The zero-order valence-corrected chi connectivity index (χ0v) is 22.8. The molecule has 7 nitrogen and oxygen atoms in total. The molecule has 1 aromatic carbocycles. The summed E-state index contributed by atoms with van der Waals surface area (Å²) in [5.41, 5.74) is 3.80. The van der Waals surface area contributed by atoms with Crippen LogP contribution in [-0.2, 0) is 11.2 Å². The lowest BCUT2D eigenvalue weighted by molar-refractivity contribution is -0.369. The van der Waals surface area contributed by atoms with E-state index in [1.54, 1.807) is 0 Å². The van der Waals surface area contributed by atoms with Gasteiger partial charge in [-0.2, -0.15) is 0 Å². The Balaban J connectivity index is 1.05. The Bertz CT molecular complexity index is 1070. The van der Waals surface area contributed by atoms with E-state index >= 15 is 0 Å². The fraction of sp³-hybridized carbons (Fsp3) is 0.581. The molecule has 2 aromatic rings. The molecule has 2 aliphatic heterocycles. The first-order chi connectivity index (χ1) is 18.6. The molecule has 3 heterocycles. The molecule has 0 radical (unpaired) electrons. The Kier molecular flexibility index (Phi) is 8.94. The summed E-state index contributed by atoms with van der Waals surface area (Å²) in [5, 5.41) is 9.34. The number of aryl methyl sites for hydroxylation is 1. The van der Waals surface area contributed by atoms with E-state index in [1.807, 2.05) is 11.1 Å². The van der Waals surface area contributed by atoms with Gasteiger partial charge in [0.15, 0.2) is 0 Å². The van der Waals surface area contributed by atoms with Crippen molar-refractivity contribution in [3.05, 3.63) is 53.9 Å². The van der Waals surface area contributed by atoms with E-state index in [0.29, 0.717) is 17.7 Å². The van der Waals surface area contributed by atoms with Gasteiger partial charge in [0.25, 0.3) is 0 Å². The Morgan fingerprint density at radius 1 is 1.05 bits per heavy atom. The second-order valence-electron chi connectivity index (χ2n) is 11.2. The normalized spacial score (nSPS) is 21.3. The van der Waals surface area contributed by atoms with Crippen molar-refractivity contribution < 1.29 is 19.6 Å². The summed E-state index contributed by atoms with van der Waals surface area (Å²) in [6.07, 6.45) is 14.0. The van der Waals surface area contributed by atoms with Gasteiger partial charge in [-0.1, -0.05) is 30.1 Å². The number of aromatic nitrogens is 2. The van der Waals surface area contributed by atoms with Crippen LogP contribution in [-0.4, -0.2) is 60.3 Å². The Labute approximate surface area is 226 Å². The van der Waals surface area contributed by atoms with Crippen molar-refractivity contribution in [2.24, 2.45) is 17.8 Å². The number of aromatic amines is 1. The van der Waals surface area contributed by atoms with Gasteiger partial charge in [0, 0.05) is 31.2 Å². The number of carbonyl (C=O) groups excluding carboxylic acids is 1. The molecule has 1 atom stereocenters. The first-order valence-electron chi connectivity index (χ1n) is 14.6. The molecular weight excluding hydrogens is 476 g/mol. The monoisotopic (exact) mass is 519 g/mol. The van der Waals surface area contributed by atoms with E-state index in [2.05, 4.69) is 58.3 Å². The molecule has 0 bridgehead atoms. The van der Waals surface area contributed by atoms with Crippen molar-refractivity contribution in [2.45, 2.75) is 58.3 Å². The average molecular weight is 520 g/mol. The number of allylic oxidation sites excluding steroid dienone is 2. The fourth-order valence-electron chi connectivity index (χ4n) is 5.95. The molecule has 38 heavy (non-hydrogen) atoms. The molecule has 5 rings (SSSR count). The van der Waals surface area contributed by atoms with E-state index in [-0.39, 0.29) is 12.5 Å². The average Bonchev–Trinajstić information content (AvgIpc) is 3.00. The number of rotatable bonds is 8. The molecule has 1 aliphatic carbocycles. The van der Waals surface area contributed by atoms with Gasteiger partial charge in [0.1, 0.15) is 11.9 Å². The molecule has 1 amide bonds. The number of hydrogen-bond acceptors (Lipinski definition) is 5. The van der Waals surface area contributed by atoms with Gasteiger partial charge in [-0.05, 0) is 86.5 Å². The van der Waals surface area contributed by atoms with Crippen LogP contribution in [0.5, 0.6) is 5.75 Å². The molecule has 7 heteroatoms. The Hall–Kier alpha value is -2.93. The summed E-state index contributed by atoms with van der Waals surface area (Å²) >= 11 is 0. The van der Waals surface area contributed by atoms with E-state index in [1.165, 1.54) is 16.7 Å². The number of H-pyrrole nitrogens is 1. The van der Waals surface area contributed by atoms with Gasteiger partial charge in [0.05, 0.1) is 25.9 Å². The molecule has 3 aliphatic rings. The minimum absolute atomic E-state index is 0.0998. The highest BCUT2D eigenvalue weighted by molar-refractivity contribution is 5.81. The van der Waals surface area contributed by atoms with Crippen LogP contribution in [0.2, 0.25) is 0 Å². The minimum Gasteiger partial charge on any atom is -0.493 e. The van der Waals surface area contributed by atoms with Gasteiger partial charge in [-0.3, -0.25) is 9.69 Å². The van der Waals surface area contributed by atoms with E-state index < -0.39 is 0 Å². The van der Waals surface area contributed by atoms with E-state index in [0.717, 1.165) is 95.9 Å². The minimum atomic E-state index is 0.0998. The Morgan fingerprint density at radius 3 is 2.39 bits per heavy atom. The number of nitrogens with one attached hydrogen (secondary N) is 1. The number of aliphatic hydroxyl groups is 1. The number of carbonyl (C=O) groups is 1. The first-order valence-corrected chi connectivity index (χ1v) is 14.6. The van der Waals surface area contributed by atoms with Crippen LogP contribution < -0.4 is 14.6 Å². The molecule has 2 N–H and O–H groups in total. The molecular formula is C31H43N4O3+. The van der Waals surface area contributed by atoms with Gasteiger partial charge < -0.3 is 14.7 Å². The number of ether oxygens (including phenoxy) is 1. The van der Waals surface area contributed by atoms with Crippen LogP contribution in [0, 0.1) is 17.8 Å². The third kappa shape index (κ3) is 6.55. The highest BCUT2D eigenvalue weighted by Gasteiger charge is 2.29. The summed E-state index contributed by atoms with van der Waals surface area (Å²) in [4.78, 5) is 25.2. The van der Waals surface area contributed by atoms with Crippen molar-refractivity contribution in [3.63, 3.8) is 0 Å². The summed E-state index contributed by atoms with van der Waals surface area (Å²) < 4.78 is 6.16. The molecule has 0 saturated carbocycles. The van der Waals surface area contributed by atoms with Gasteiger partial charge in [0.2, 0.25) is 5.91 Å². The van der Waals surface area contributed by atoms with Crippen LogP contribution in [0.1, 0.15) is 63.0 Å². The maximum absolute atomic E-state index is 13.0. The third-order valence-corrected chi connectivity index (χ3v) is 8.72. The number of aliphatic hydroxyl groups excluding tert-OH is 1. The lowest BCUT2D eigenvalue weighted by Gasteiger charge is -2.34. The van der Waals surface area contributed by atoms with E-state index in [9.17, 15) is 9.90 Å². The maximum atomic E-state index is 13.0. The highest BCUT2D eigenvalue weighted by atomic mass is 16.5. The lowest BCUT2D eigenvalue weighted by Crippen LogP contribution is -2.42. The topological polar surface area (TPSA) is 80.0 Å². The second kappa shape index (κ2) is 12.7. The zero-order valence-electron chi connectivity index (χ0n) is 22.8. The molecule has 1 unspecified atom stereocenters. The second-order valence-corrected chi connectivity index (χ2v) is 11.2. The highest BCUT2D eigenvalue weighted by Crippen LogP contribution is 2.33. The number of nitrogens with zero attached hydrogens (tertiary/aromatic N) is 3. The van der Waals surface area contributed by atoms with Crippen molar-refractivity contribution >= 4 is 17.4 Å². The summed E-state index contributed by atoms with van der Waals surface area (Å²) in [6, 6.07) is 8.49. The van der Waals surface area contributed by atoms with Crippen LogP contribution in [0.15, 0.2) is 42.7 Å². The van der Waals surface area contributed by atoms with Crippen LogP contribution >= 0.6 is 0 Å². The van der Waals surface area contributed by atoms with Gasteiger partial charge in [-0.25, -0.2) is 4.98 Å². The van der Waals surface area contributed by atoms with Gasteiger partial charge in [-0.15, -0.1) is 0 Å². The molecule has 0 spiro atoms. The summed E-state index contributed by atoms with van der Waals surface area (Å²) in [7, 11) is 0. The maximum Gasteiger partial charge on any atom is 0.391 e. The summed E-state index contributed by atoms with van der Waals surface area (Å²) in [5.74, 6) is 3.22. The predicted molar refractivity (Wildman–Crippen MR) is 149 cm³/mol. The molecule has 2 saturated heterocycles. The quantitative estimate of drug-likeness (QED) is 0.566. The number of benzene rings is 1. The fourth-order valence-corrected chi connectivity index (χ4v) is 5.95. The van der Waals surface area contributed by atoms with Crippen molar-refractivity contribution in [2.75, 3.05) is 44.3 Å². The predicted octanol–water partition coefficient (Wildman–Crippen LogP) is 4.17. The smallest absolute Gasteiger partial charge is 0.391 e. The van der Waals surface area contributed by atoms with Crippen molar-refractivity contribution in [3.8, 4) is 5.75 Å². The number of amides is 1. The van der Waals surface area contributed by atoms with Crippen LogP contribution in [0.4, 0.5) is 5.95 Å². The molecule has 2 fully saturated rings. The van der Waals surface area contributed by atoms with Gasteiger partial charge >= 0.3 is 5.95 Å². The third-order valence-electron chi connectivity index (χ3n) is 8.72. The van der Waals surface area contributed by atoms with Crippen LogP contribution in [0.3, 0.4) is 0 Å². The molecule has 204 valence electrons. The SMILES string of the molecule is CCc1cnc(N2CCC(COc3ccc(C4=CCC(C(=O)N5CCC(CO)CC5)CC4)cc3)CC2)[nH+]c1. The number of piperidine rings is 2. The lowest BCUT2D eigenvalue weighted by atomic mass is 9.85. The Morgan fingerprint density at radius 2 is 1.79 bits per heavy atom.